The van der Waals surface area contributed by atoms with Gasteiger partial charge in [0.1, 0.15) is 17.6 Å². The Balaban J connectivity index is 1.44. The number of carbonyl (C=O) groups is 1. The van der Waals surface area contributed by atoms with E-state index >= 15 is 0 Å². The Kier molecular flexibility index (Phi) is 5.19. The van der Waals surface area contributed by atoms with Crippen LogP contribution in [-0.4, -0.2) is 22.1 Å². The summed E-state index contributed by atoms with van der Waals surface area (Å²) in [5.41, 5.74) is 2.89. The fraction of sp³-hybridized carbons (Fsp3) is 0.136. The number of hydrogen-bond donors (Lipinski definition) is 3. The first kappa shape index (κ1) is 18.3. The number of rotatable bonds is 7. The average Bonchev–Trinajstić information content (AvgIpc) is 3.33. The molecule has 0 amide bonds. The molecule has 0 bridgehead atoms. The van der Waals surface area contributed by atoms with Crippen molar-refractivity contribution in [3.63, 3.8) is 0 Å². The van der Waals surface area contributed by atoms with Gasteiger partial charge in [0, 0.05) is 34.1 Å². The van der Waals surface area contributed by atoms with Crippen LogP contribution in [0.3, 0.4) is 0 Å². The van der Waals surface area contributed by atoms with Gasteiger partial charge in [-0.2, -0.15) is 0 Å². The van der Waals surface area contributed by atoms with Gasteiger partial charge in [0.05, 0.1) is 6.54 Å². The van der Waals surface area contributed by atoms with Crippen molar-refractivity contribution in [2.24, 2.45) is 0 Å². The summed E-state index contributed by atoms with van der Waals surface area (Å²) in [6.07, 6.45) is 2.25. The minimum Gasteiger partial charge on any atom is -0.480 e. The van der Waals surface area contributed by atoms with Crippen LogP contribution < -0.4 is 5.32 Å². The van der Waals surface area contributed by atoms with Crippen LogP contribution in [0.15, 0.2) is 71.3 Å². The van der Waals surface area contributed by atoms with E-state index < -0.39 is 12.0 Å². The number of aromatic nitrogens is 1. The number of fused-ring (bicyclic) bond motifs is 1. The highest BCUT2D eigenvalue weighted by Crippen LogP contribution is 2.24. The molecule has 28 heavy (non-hydrogen) atoms. The molecule has 2 aromatic carbocycles. The van der Waals surface area contributed by atoms with Gasteiger partial charge in [-0.15, -0.1) is 0 Å². The molecule has 0 aliphatic rings. The van der Waals surface area contributed by atoms with Crippen molar-refractivity contribution in [2.45, 2.75) is 19.0 Å². The van der Waals surface area contributed by atoms with Gasteiger partial charge in [-0.25, -0.2) is 0 Å². The van der Waals surface area contributed by atoms with Gasteiger partial charge in [-0.05, 0) is 48.0 Å². The molecule has 0 aliphatic carbocycles. The Bertz CT molecular complexity index is 1100. The molecule has 0 aliphatic heterocycles. The fourth-order valence-corrected chi connectivity index (χ4v) is 3.36. The van der Waals surface area contributed by atoms with Crippen LogP contribution in [0.25, 0.3) is 22.2 Å². The number of aliphatic carboxylic acids is 1. The Morgan fingerprint density at radius 3 is 2.68 bits per heavy atom. The first-order chi connectivity index (χ1) is 13.6. The molecular weight excluding hydrogens is 376 g/mol. The standard InChI is InChI=1S/C22H19ClN2O3/c23-16-7-5-14(6-8-16)21-10-9-17(28-21)13-25-20(22(26)27)11-15-12-24-19-4-2-1-3-18(15)19/h1-10,12,20,24-25H,11,13H2,(H,26,27). The van der Waals surface area contributed by atoms with E-state index in [0.717, 1.165) is 27.8 Å². The molecule has 0 saturated heterocycles. The average molecular weight is 395 g/mol. The number of furan rings is 1. The quantitative estimate of drug-likeness (QED) is 0.418. The maximum atomic E-state index is 11.7. The smallest absolute Gasteiger partial charge is 0.321 e. The molecule has 4 aromatic rings. The Labute approximate surface area is 166 Å². The number of halogens is 1. The predicted octanol–water partition coefficient (Wildman–Crippen LogP) is 4.87. The van der Waals surface area contributed by atoms with E-state index in [0.29, 0.717) is 23.7 Å². The molecule has 2 heterocycles. The summed E-state index contributed by atoms with van der Waals surface area (Å²) in [5.74, 6) is 0.502. The van der Waals surface area contributed by atoms with E-state index in [2.05, 4.69) is 10.3 Å². The highest BCUT2D eigenvalue weighted by Gasteiger charge is 2.20. The zero-order chi connectivity index (χ0) is 19.5. The lowest BCUT2D eigenvalue weighted by molar-refractivity contribution is -0.139. The summed E-state index contributed by atoms with van der Waals surface area (Å²) in [5, 5.41) is 14.4. The van der Waals surface area contributed by atoms with Crippen molar-refractivity contribution in [3.05, 3.63) is 83.2 Å². The van der Waals surface area contributed by atoms with Crippen molar-refractivity contribution in [2.75, 3.05) is 0 Å². The number of para-hydroxylation sites is 1. The van der Waals surface area contributed by atoms with Gasteiger partial charge in [0.25, 0.3) is 0 Å². The third-order valence-corrected chi connectivity index (χ3v) is 4.96. The molecule has 5 nitrogen and oxygen atoms in total. The first-order valence-electron chi connectivity index (χ1n) is 8.96. The highest BCUT2D eigenvalue weighted by molar-refractivity contribution is 6.30. The third kappa shape index (κ3) is 3.96. The van der Waals surface area contributed by atoms with Crippen LogP contribution in [0.4, 0.5) is 0 Å². The van der Waals surface area contributed by atoms with E-state index in [1.165, 1.54) is 0 Å². The Morgan fingerprint density at radius 1 is 1.11 bits per heavy atom. The maximum absolute atomic E-state index is 11.7. The fourth-order valence-electron chi connectivity index (χ4n) is 3.23. The Morgan fingerprint density at radius 2 is 1.89 bits per heavy atom. The summed E-state index contributed by atoms with van der Waals surface area (Å²) < 4.78 is 5.84. The monoisotopic (exact) mass is 394 g/mol. The van der Waals surface area contributed by atoms with Crippen molar-refractivity contribution in [3.8, 4) is 11.3 Å². The van der Waals surface area contributed by atoms with Crippen molar-refractivity contribution >= 4 is 28.5 Å². The molecule has 0 spiro atoms. The molecule has 1 unspecified atom stereocenters. The van der Waals surface area contributed by atoms with Crippen molar-refractivity contribution < 1.29 is 14.3 Å². The number of hydrogen-bond acceptors (Lipinski definition) is 3. The van der Waals surface area contributed by atoms with Gasteiger partial charge in [-0.1, -0.05) is 29.8 Å². The number of aromatic amines is 1. The van der Waals surface area contributed by atoms with Crippen LogP contribution in [-0.2, 0) is 17.8 Å². The van der Waals surface area contributed by atoms with Crippen LogP contribution >= 0.6 is 11.6 Å². The number of nitrogens with one attached hydrogen (secondary N) is 2. The number of H-pyrrole nitrogens is 1. The summed E-state index contributed by atoms with van der Waals surface area (Å²) in [6.45, 7) is 0.326. The summed E-state index contributed by atoms with van der Waals surface area (Å²) in [6, 6.07) is 18.2. The summed E-state index contributed by atoms with van der Waals surface area (Å²) >= 11 is 5.91. The van der Waals surface area contributed by atoms with Crippen LogP contribution in [0.1, 0.15) is 11.3 Å². The molecule has 2 aromatic heterocycles. The second-order valence-corrected chi connectivity index (χ2v) is 7.04. The SMILES string of the molecule is O=C(O)C(Cc1c[nH]c2ccccc12)NCc1ccc(-c2ccc(Cl)cc2)o1. The molecule has 1 atom stereocenters. The summed E-state index contributed by atoms with van der Waals surface area (Å²) in [7, 11) is 0. The topological polar surface area (TPSA) is 78.3 Å². The van der Waals surface area contributed by atoms with E-state index in [-0.39, 0.29) is 0 Å². The van der Waals surface area contributed by atoms with Crippen molar-refractivity contribution in [1.29, 1.82) is 0 Å². The molecule has 3 N–H and O–H groups in total. The lowest BCUT2D eigenvalue weighted by Crippen LogP contribution is -2.37. The molecule has 0 radical (unpaired) electrons. The van der Waals surface area contributed by atoms with Crippen LogP contribution in [0.5, 0.6) is 0 Å². The van der Waals surface area contributed by atoms with E-state index in [4.69, 9.17) is 16.0 Å². The maximum Gasteiger partial charge on any atom is 0.321 e. The van der Waals surface area contributed by atoms with E-state index in [1.807, 2.05) is 54.7 Å². The minimum atomic E-state index is -0.894. The molecule has 0 saturated carbocycles. The molecular formula is C22H19ClN2O3. The van der Waals surface area contributed by atoms with Crippen molar-refractivity contribution in [1.82, 2.24) is 10.3 Å². The zero-order valence-corrected chi connectivity index (χ0v) is 15.7. The van der Waals surface area contributed by atoms with Gasteiger partial charge in [-0.3, -0.25) is 10.1 Å². The van der Waals surface area contributed by atoms with Gasteiger partial charge in [0.15, 0.2) is 0 Å². The second kappa shape index (κ2) is 7.92. The number of carboxylic acids is 1. The second-order valence-electron chi connectivity index (χ2n) is 6.61. The van der Waals surface area contributed by atoms with Crippen LogP contribution in [0.2, 0.25) is 5.02 Å². The van der Waals surface area contributed by atoms with Crippen LogP contribution in [0, 0.1) is 0 Å². The lowest BCUT2D eigenvalue weighted by atomic mass is 10.0. The third-order valence-electron chi connectivity index (χ3n) is 4.71. The molecule has 142 valence electrons. The molecule has 0 fully saturated rings. The number of benzene rings is 2. The lowest BCUT2D eigenvalue weighted by Gasteiger charge is -2.13. The predicted molar refractivity (Wildman–Crippen MR) is 109 cm³/mol. The highest BCUT2D eigenvalue weighted by atomic mass is 35.5. The van der Waals surface area contributed by atoms with E-state index in [9.17, 15) is 9.90 Å². The van der Waals surface area contributed by atoms with Gasteiger partial charge in [0.2, 0.25) is 0 Å². The minimum absolute atomic E-state index is 0.326. The zero-order valence-electron chi connectivity index (χ0n) is 15.0. The largest absolute Gasteiger partial charge is 0.480 e. The normalized spacial score (nSPS) is 12.3. The molecule has 4 rings (SSSR count). The Hall–Kier alpha value is -3.02. The number of carboxylic acid groups (broad SMARTS) is 1. The summed E-state index contributed by atoms with van der Waals surface area (Å²) in [4.78, 5) is 14.9. The van der Waals surface area contributed by atoms with Gasteiger partial charge >= 0.3 is 5.97 Å². The molecule has 6 heteroatoms. The van der Waals surface area contributed by atoms with E-state index in [1.54, 1.807) is 12.1 Å². The van der Waals surface area contributed by atoms with Gasteiger partial charge < -0.3 is 14.5 Å². The first-order valence-corrected chi connectivity index (χ1v) is 9.34.